The van der Waals surface area contributed by atoms with Gasteiger partial charge in [0.1, 0.15) is 11.9 Å². The third-order valence-electron chi connectivity index (χ3n) is 1.83. The summed E-state index contributed by atoms with van der Waals surface area (Å²) in [6.07, 6.45) is 5.04. The van der Waals surface area contributed by atoms with E-state index >= 15 is 0 Å². The predicted octanol–water partition coefficient (Wildman–Crippen LogP) is 2.27. The van der Waals surface area contributed by atoms with Gasteiger partial charge >= 0.3 is 0 Å². The molecule has 0 fully saturated rings. The highest BCUT2D eigenvalue weighted by Crippen LogP contribution is 2.25. The first-order valence-corrected chi connectivity index (χ1v) is 4.59. The van der Waals surface area contributed by atoms with Gasteiger partial charge in [-0.2, -0.15) is 5.26 Å². The molecule has 4 heteroatoms. The zero-order chi connectivity index (χ0) is 11.3. The van der Waals surface area contributed by atoms with Crippen molar-refractivity contribution >= 4 is 11.6 Å². The Labute approximate surface area is 92.7 Å². The number of hydrogen-bond donors (Lipinski definition) is 1. The molecule has 0 aliphatic heterocycles. The average Bonchev–Trinajstić information content (AvgIpc) is 2.22. The molecule has 76 valence electrons. The molecule has 0 aliphatic rings. The summed E-state index contributed by atoms with van der Waals surface area (Å²) >= 11 is 5.80. The van der Waals surface area contributed by atoms with Gasteiger partial charge in [0.25, 0.3) is 0 Å². The minimum Gasteiger partial charge on any atom is -0.287 e. The second kappa shape index (κ2) is 5.36. The van der Waals surface area contributed by atoms with Crippen LogP contribution in [0.1, 0.15) is 11.6 Å². The summed E-state index contributed by atoms with van der Waals surface area (Å²) in [5, 5.41) is 11.8. The summed E-state index contributed by atoms with van der Waals surface area (Å²) in [4.78, 5) is 0. The topological polar surface area (TPSA) is 35.8 Å². The Morgan fingerprint density at radius 3 is 2.87 bits per heavy atom. The lowest BCUT2D eigenvalue weighted by atomic mass is 10.1. The maximum Gasteiger partial charge on any atom is 0.130 e. The average molecular weight is 223 g/mol. The molecule has 0 aliphatic carbocycles. The highest BCUT2D eigenvalue weighted by molar-refractivity contribution is 6.31. The van der Waals surface area contributed by atoms with Gasteiger partial charge in [-0.3, -0.25) is 5.32 Å². The molecule has 15 heavy (non-hydrogen) atoms. The molecule has 0 spiro atoms. The Kier molecular flexibility index (Phi) is 4.12. The van der Waals surface area contributed by atoms with Crippen LogP contribution >= 0.6 is 11.6 Å². The quantitative estimate of drug-likeness (QED) is 0.797. The van der Waals surface area contributed by atoms with Crippen molar-refractivity contribution in [1.29, 1.82) is 5.26 Å². The highest BCUT2D eigenvalue weighted by atomic mass is 35.5. The first kappa shape index (κ1) is 11.5. The van der Waals surface area contributed by atoms with Crippen molar-refractivity contribution in [2.75, 3.05) is 6.54 Å². The number of terminal acetylenes is 1. The highest BCUT2D eigenvalue weighted by Gasteiger charge is 2.17. The Balaban J connectivity index is 3.03. The normalized spacial score (nSPS) is 11.5. The van der Waals surface area contributed by atoms with E-state index in [1.165, 1.54) is 18.2 Å². The summed E-state index contributed by atoms with van der Waals surface area (Å²) in [6.45, 7) is 0.183. The van der Waals surface area contributed by atoms with Gasteiger partial charge in [-0.1, -0.05) is 23.6 Å². The lowest BCUT2D eigenvalue weighted by Gasteiger charge is -2.12. The molecule has 0 saturated carbocycles. The smallest absolute Gasteiger partial charge is 0.130 e. The van der Waals surface area contributed by atoms with Crippen LogP contribution in [0.25, 0.3) is 0 Å². The standard InChI is InChI=1S/C11H8ClFN2/c1-2-6-15-10(7-14)11-8(12)4-3-5-9(11)13/h1,3-5,10,15H,6H2. The van der Waals surface area contributed by atoms with E-state index < -0.39 is 11.9 Å². The van der Waals surface area contributed by atoms with E-state index in [1.807, 2.05) is 6.07 Å². The third-order valence-corrected chi connectivity index (χ3v) is 2.16. The van der Waals surface area contributed by atoms with Gasteiger partial charge in [0.05, 0.1) is 12.6 Å². The number of halogens is 2. The summed E-state index contributed by atoms with van der Waals surface area (Å²) in [5.74, 6) is 1.80. The van der Waals surface area contributed by atoms with Crippen molar-refractivity contribution in [1.82, 2.24) is 5.32 Å². The minimum atomic E-state index is -0.824. The molecule has 1 N–H and O–H groups in total. The fourth-order valence-corrected chi connectivity index (χ4v) is 1.43. The van der Waals surface area contributed by atoms with Crippen LogP contribution in [-0.2, 0) is 0 Å². The Morgan fingerprint density at radius 2 is 2.33 bits per heavy atom. The molecule has 1 unspecified atom stereocenters. The fourth-order valence-electron chi connectivity index (χ4n) is 1.16. The summed E-state index contributed by atoms with van der Waals surface area (Å²) < 4.78 is 13.4. The molecule has 0 saturated heterocycles. The van der Waals surface area contributed by atoms with Gasteiger partial charge in [-0.25, -0.2) is 4.39 Å². The van der Waals surface area contributed by atoms with E-state index in [9.17, 15) is 4.39 Å². The van der Waals surface area contributed by atoms with Gasteiger partial charge < -0.3 is 0 Å². The molecule has 0 heterocycles. The molecule has 0 amide bonds. The van der Waals surface area contributed by atoms with Crippen LogP contribution in [0.15, 0.2) is 18.2 Å². The van der Waals surface area contributed by atoms with Crippen molar-refractivity contribution in [2.45, 2.75) is 6.04 Å². The van der Waals surface area contributed by atoms with Crippen LogP contribution in [0, 0.1) is 29.5 Å². The second-order valence-corrected chi connectivity index (χ2v) is 3.19. The fraction of sp³-hybridized carbons (Fsp3) is 0.182. The zero-order valence-corrected chi connectivity index (χ0v) is 8.55. The number of rotatable bonds is 3. The van der Waals surface area contributed by atoms with E-state index in [0.717, 1.165) is 0 Å². The van der Waals surface area contributed by atoms with Crippen molar-refractivity contribution in [3.05, 3.63) is 34.6 Å². The van der Waals surface area contributed by atoms with Crippen LogP contribution in [-0.4, -0.2) is 6.54 Å². The SMILES string of the molecule is C#CCNC(C#N)c1c(F)cccc1Cl. The molecule has 2 nitrogen and oxygen atoms in total. The van der Waals surface area contributed by atoms with Gasteiger partial charge in [0.2, 0.25) is 0 Å². The number of benzene rings is 1. The number of nitrogens with zero attached hydrogens (tertiary/aromatic N) is 1. The predicted molar refractivity (Wildman–Crippen MR) is 56.6 cm³/mol. The molecular weight excluding hydrogens is 215 g/mol. The van der Waals surface area contributed by atoms with E-state index in [1.54, 1.807) is 0 Å². The van der Waals surface area contributed by atoms with Gasteiger partial charge in [0.15, 0.2) is 0 Å². The van der Waals surface area contributed by atoms with Gasteiger partial charge in [-0.05, 0) is 12.1 Å². The summed E-state index contributed by atoms with van der Waals surface area (Å²) in [6, 6.07) is 5.35. The van der Waals surface area contributed by atoms with Crippen LogP contribution in [0.2, 0.25) is 5.02 Å². The van der Waals surface area contributed by atoms with E-state index in [-0.39, 0.29) is 17.1 Å². The number of nitriles is 1. The molecule has 1 aromatic carbocycles. The maximum atomic E-state index is 13.4. The summed E-state index contributed by atoms with van der Waals surface area (Å²) in [5.41, 5.74) is 0.136. The first-order chi connectivity index (χ1) is 7.20. The van der Waals surface area contributed by atoms with Crippen LogP contribution < -0.4 is 5.32 Å². The van der Waals surface area contributed by atoms with Gasteiger partial charge in [-0.15, -0.1) is 6.42 Å². The van der Waals surface area contributed by atoms with Crippen molar-refractivity contribution in [3.63, 3.8) is 0 Å². The monoisotopic (exact) mass is 222 g/mol. The molecule has 0 bridgehead atoms. The van der Waals surface area contributed by atoms with Gasteiger partial charge in [0, 0.05) is 10.6 Å². The summed E-state index contributed by atoms with van der Waals surface area (Å²) in [7, 11) is 0. The minimum absolute atomic E-state index is 0.136. The third kappa shape index (κ3) is 2.70. The molecular formula is C11H8ClFN2. The molecule has 1 rings (SSSR count). The number of nitrogens with one attached hydrogen (secondary N) is 1. The van der Waals surface area contributed by atoms with Crippen molar-refractivity contribution in [3.8, 4) is 18.4 Å². The lowest BCUT2D eigenvalue weighted by Crippen LogP contribution is -2.21. The molecule has 0 radical (unpaired) electrons. The molecule has 1 aromatic rings. The molecule has 1 atom stereocenters. The van der Waals surface area contributed by atoms with Crippen molar-refractivity contribution in [2.24, 2.45) is 0 Å². The van der Waals surface area contributed by atoms with E-state index in [2.05, 4.69) is 11.2 Å². The number of hydrogen-bond acceptors (Lipinski definition) is 2. The second-order valence-electron chi connectivity index (χ2n) is 2.78. The zero-order valence-electron chi connectivity index (χ0n) is 7.80. The Hall–Kier alpha value is -1.55. The first-order valence-electron chi connectivity index (χ1n) is 4.21. The van der Waals surface area contributed by atoms with Crippen LogP contribution in [0.4, 0.5) is 4.39 Å². The lowest BCUT2D eigenvalue weighted by molar-refractivity contribution is 0.579. The van der Waals surface area contributed by atoms with Crippen LogP contribution in [0.3, 0.4) is 0 Å². The Morgan fingerprint density at radius 1 is 1.60 bits per heavy atom. The molecule has 0 aromatic heterocycles. The van der Waals surface area contributed by atoms with Crippen LogP contribution in [0.5, 0.6) is 0 Å². The van der Waals surface area contributed by atoms with Crippen molar-refractivity contribution < 1.29 is 4.39 Å². The van der Waals surface area contributed by atoms with E-state index in [0.29, 0.717) is 0 Å². The Bertz CT molecular complexity index is 411. The maximum absolute atomic E-state index is 13.4. The van der Waals surface area contributed by atoms with E-state index in [4.69, 9.17) is 23.3 Å². The largest absolute Gasteiger partial charge is 0.287 e.